The molecule has 1 atom stereocenters. The number of ether oxygens (including phenoxy) is 3. The van der Waals surface area contributed by atoms with Gasteiger partial charge in [-0.2, -0.15) is 0 Å². The van der Waals surface area contributed by atoms with Gasteiger partial charge in [-0.3, -0.25) is 9.69 Å². The third-order valence-corrected chi connectivity index (χ3v) is 4.51. The number of rotatable bonds is 4. The first-order chi connectivity index (χ1) is 12.8. The van der Waals surface area contributed by atoms with Crippen LogP contribution in [0, 0.1) is 0 Å². The Labute approximate surface area is 152 Å². The van der Waals surface area contributed by atoms with E-state index in [1.54, 1.807) is 6.07 Å². The van der Waals surface area contributed by atoms with Crippen molar-refractivity contribution in [1.82, 2.24) is 4.90 Å². The molecule has 2 aromatic rings. The number of fused-ring (bicyclic) bond motifs is 1. The van der Waals surface area contributed by atoms with E-state index in [1.807, 2.05) is 36.4 Å². The number of nitrogens with one attached hydrogen (secondary N) is 1. The Morgan fingerprint density at radius 3 is 2.73 bits per heavy atom. The second-order valence-corrected chi connectivity index (χ2v) is 6.44. The van der Waals surface area contributed by atoms with E-state index in [4.69, 9.17) is 14.2 Å². The summed E-state index contributed by atoms with van der Waals surface area (Å²) in [6.45, 7) is 4.47. The van der Waals surface area contributed by atoms with E-state index in [1.165, 1.54) is 0 Å². The number of amides is 1. The summed E-state index contributed by atoms with van der Waals surface area (Å²) in [6.07, 6.45) is -0.659. The molecule has 1 saturated heterocycles. The molecule has 6 nitrogen and oxygen atoms in total. The van der Waals surface area contributed by atoms with Gasteiger partial charge < -0.3 is 19.5 Å². The molecule has 2 aromatic carbocycles. The fraction of sp³-hybridized carbons (Fsp3) is 0.350. The van der Waals surface area contributed by atoms with E-state index in [2.05, 4.69) is 16.3 Å². The zero-order valence-electron chi connectivity index (χ0n) is 14.5. The first kappa shape index (κ1) is 16.9. The van der Waals surface area contributed by atoms with Crippen LogP contribution >= 0.6 is 0 Å². The van der Waals surface area contributed by atoms with Crippen LogP contribution in [0.5, 0.6) is 11.5 Å². The summed E-state index contributed by atoms with van der Waals surface area (Å²) in [7, 11) is 0. The van der Waals surface area contributed by atoms with Crippen LogP contribution in [-0.4, -0.2) is 49.8 Å². The van der Waals surface area contributed by atoms with Crippen molar-refractivity contribution >= 4 is 11.6 Å². The molecule has 26 heavy (non-hydrogen) atoms. The molecule has 0 bridgehead atoms. The van der Waals surface area contributed by atoms with Crippen molar-refractivity contribution in [3.05, 3.63) is 54.1 Å². The summed E-state index contributed by atoms with van der Waals surface area (Å²) in [4.78, 5) is 14.9. The maximum Gasteiger partial charge on any atom is 0.269 e. The highest BCUT2D eigenvalue weighted by molar-refractivity contribution is 5.94. The molecule has 4 rings (SSSR count). The molecular weight excluding hydrogens is 332 g/mol. The fourth-order valence-electron chi connectivity index (χ4n) is 3.14. The Hall–Kier alpha value is -2.57. The average molecular weight is 354 g/mol. The number of morpholine rings is 1. The number of hydrogen-bond acceptors (Lipinski definition) is 5. The van der Waals surface area contributed by atoms with Gasteiger partial charge >= 0.3 is 0 Å². The van der Waals surface area contributed by atoms with Crippen molar-refractivity contribution in [3.63, 3.8) is 0 Å². The number of carbonyl (C=O) groups excluding carboxylic acids is 1. The Morgan fingerprint density at radius 1 is 1.08 bits per heavy atom. The smallest absolute Gasteiger partial charge is 0.269 e. The molecule has 1 N–H and O–H groups in total. The molecule has 6 heteroatoms. The van der Waals surface area contributed by atoms with Crippen molar-refractivity contribution in [2.24, 2.45) is 0 Å². The Kier molecular flexibility index (Phi) is 5.04. The topological polar surface area (TPSA) is 60.0 Å². The number of carbonyl (C=O) groups is 1. The molecule has 2 aliphatic rings. The van der Waals surface area contributed by atoms with Crippen molar-refractivity contribution in [2.75, 3.05) is 38.2 Å². The van der Waals surface area contributed by atoms with Crippen LogP contribution in [0.25, 0.3) is 0 Å². The van der Waals surface area contributed by atoms with Gasteiger partial charge in [0.15, 0.2) is 11.5 Å². The van der Waals surface area contributed by atoms with Gasteiger partial charge in [-0.1, -0.05) is 24.3 Å². The van der Waals surface area contributed by atoms with E-state index < -0.39 is 6.10 Å². The molecule has 136 valence electrons. The molecule has 2 heterocycles. The summed E-state index contributed by atoms with van der Waals surface area (Å²) < 4.78 is 16.8. The fourth-order valence-corrected chi connectivity index (χ4v) is 3.14. The molecule has 0 spiro atoms. The molecule has 1 fully saturated rings. The molecule has 0 aromatic heterocycles. The minimum Gasteiger partial charge on any atom is -0.485 e. The van der Waals surface area contributed by atoms with E-state index in [-0.39, 0.29) is 12.5 Å². The number of anilines is 1. The quantitative estimate of drug-likeness (QED) is 0.913. The van der Waals surface area contributed by atoms with E-state index >= 15 is 0 Å². The lowest BCUT2D eigenvalue weighted by molar-refractivity contribution is -0.125. The predicted molar refractivity (Wildman–Crippen MR) is 97.5 cm³/mol. The molecule has 1 amide bonds. The summed E-state index contributed by atoms with van der Waals surface area (Å²) >= 11 is 0. The van der Waals surface area contributed by atoms with Crippen molar-refractivity contribution in [1.29, 1.82) is 0 Å². The maximum absolute atomic E-state index is 12.5. The van der Waals surface area contributed by atoms with Gasteiger partial charge in [-0.05, 0) is 29.8 Å². The second kappa shape index (κ2) is 7.76. The highest BCUT2D eigenvalue weighted by atomic mass is 16.6. The van der Waals surface area contributed by atoms with E-state index in [9.17, 15) is 4.79 Å². The van der Waals surface area contributed by atoms with Gasteiger partial charge in [0.25, 0.3) is 5.91 Å². The zero-order valence-corrected chi connectivity index (χ0v) is 14.5. The van der Waals surface area contributed by atoms with Crippen LogP contribution < -0.4 is 14.8 Å². The van der Waals surface area contributed by atoms with Crippen LogP contribution in [0.2, 0.25) is 0 Å². The number of benzene rings is 2. The Bertz CT molecular complexity index is 774. The minimum absolute atomic E-state index is 0.205. The Balaban J connectivity index is 1.38. The zero-order chi connectivity index (χ0) is 17.8. The van der Waals surface area contributed by atoms with Crippen LogP contribution in [0.4, 0.5) is 5.69 Å². The third kappa shape index (κ3) is 3.98. The summed E-state index contributed by atoms with van der Waals surface area (Å²) in [5.74, 6) is 1.06. The average Bonchev–Trinajstić information content (AvgIpc) is 2.68. The highest BCUT2D eigenvalue weighted by Gasteiger charge is 2.27. The van der Waals surface area contributed by atoms with Gasteiger partial charge in [-0.15, -0.1) is 0 Å². The molecule has 2 aliphatic heterocycles. The standard InChI is InChI=1S/C20H22N2O4/c23-20(19-14-25-17-6-1-2-7-18(17)26-19)21-16-5-3-4-15(12-16)13-22-8-10-24-11-9-22/h1-7,12,19H,8-11,13-14H2,(H,21,23)/t19-/m1/s1. The van der Waals surface area contributed by atoms with E-state index in [0.29, 0.717) is 11.5 Å². The normalized spacial score (nSPS) is 19.8. The van der Waals surface area contributed by atoms with E-state index in [0.717, 1.165) is 44.1 Å². The molecule has 0 aliphatic carbocycles. The lowest BCUT2D eigenvalue weighted by atomic mass is 10.1. The van der Waals surface area contributed by atoms with Crippen molar-refractivity contribution < 1.29 is 19.0 Å². The lowest BCUT2D eigenvalue weighted by Gasteiger charge is -2.27. The molecule has 0 unspecified atom stereocenters. The van der Waals surface area contributed by atoms with Gasteiger partial charge in [-0.25, -0.2) is 0 Å². The summed E-state index contributed by atoms with van der Waals surface area (Å²) in [5.41, 5.74) is 1.93. The predicted octanol–water partition coefficient (Wildman–Crippen LogP) is 2.30. The van der Waals surface area contributed by atoms with Crippen molar-refractivity contribution in [3.8, 4) is 11.5 Å². The Morgan fingerprint density at radius 2 is 1.88 bits per heavy atom. The minimum atomic E-state index is -0.659. The first-order valence-corrected chi connectivity index (χ1v) is 8.86. The van der Waals surface area contributed by atoms with Gasteiger partial charge in [0, 0.05) is 25.3 Å². The van der Waals surface area contributed by atoms with Crippen molar-refractivity contribution in [2.45, 2.75) is 12.6 Å². The van der Waals surface area contributed by atoms with Gasteiger partial charge in [0.1, 0.15) is 6.61 Å². The first-order valence-electron chi connectivity index (χ1n) is 8.86. The molecule has 0 saturated carbocycles. The summed E-state index contributed by atoms with van der Waals surface area (Å²) in [6, 6.07) is 15.3. The summed E-state index contributed by atoms with van der Waals surface area (Å²) in [5, 5.41) is 2.93. The number of para-hydroxylation sites is 2. The lowest BCUT2D eigenvalue weighted by Crippen LogP contribution is -2.40. The van der Waals surface area contributed by atoms with Crippen LogP contribution in [0.15, 0.2) is 48.5 Å². The molecular formula is C20H22N2O4. The molecule has 0 radical (unpaired) electrons. The van der Waals surface area contributed by atoms with Crippen LogP contribution in [0.3, 0.4) is 0 Å². The van der Waals surface area contributed by atoms with Gasteiger partial charge in [0.05, 0.1) is 13.2 Å². The van der Waals surface area contributed by atoms with Gasteiger partial charge in [0.2, 0.25) is 6.10 Å². The number of hydrogen-bond donors (Lipinski definition) is 1. The van der Waals surface area contributed by atoms with Crippen LogP contribution in [-0.2, 0) is 16.1 Å². The monoisotopic (exact) mass is 354 g/mol. The maximum atomic E-state index is 12.5. The third-order valence-electron chi connectivity index (χ3n) is 4.51. The largest absolute Gasteiger partial charge is 0.485 e. The second-order valence-electron chi connectivity index (χ2n) is 6.44. The number of nitrogens with zero attached hydrogens (tertiary/aromatic N) is 1. The highest BCUT2D eigenvalue weighted by Crippen LogP contribution is 2.31. The SMILES string of the molecule is O=C(Nc1cccc(CN2CCOCC2)c1)[C@H]1COc2ccccc2O1. The van der Waals surface area contributed by atoms with Crippen LogP contribution in [0.1, 0.15) is 5.56 Å².